The van der Waals surface area contributed by atoms with Crippen LogP contribution in [0.5, 0.6) is 0 Å². The Kier molecular flexibility index (Phi) is 6.53. The molecular weight excluding hydrogens is 469 g/mol. The van der Waals surface area contributed by atoms with Crippen LogP contribution >= 0.6 is 11.6 Å². The molecule has 0 amide bonds. The molecule has 0 aliphatic carbocycles. The number of hydrogen-bond donors (Lipinski definition) is 0. The van der Waals surface area contributed by atoms with Crippen molar-refractivity contribution in [2.45, 2.75) is 6.42 Å². The average Bonchev–Trinajstić information content (AvgIpc) is 2.88. The van der Waals surface area contributed by atoms with Crippen LogP contribution in [0.4, 0.5) is 10.2 Å². The van der Waals surface area contributed by atoms with Gasteiger partial charge in [-0.1, -0.05) is 17.7 Å². The van der Waals surface area contributed by atoms with E-state index in [2.05, 4.69) is 14.9 Å². The standard InChI is InChI=1S/C27H21ClFN3O3/c28-20-5-2-18(3-6-20)25(33)14-17-1-7-21(22(29)13-17)27(34)19-4-8-23-24(15-19)31-26(16-30-23)32-9-11-35-12-10-32/h1-8,13,15-16H,9-12,14H2. The van der Waals surface area contributed by atoms with Crippen LogP contribution in [0.2, 0.25) is 5.02 Å². The van der Waals surface area contributed by atoms with Gasteiger partial charge < -0.3 is 9.64 Å². The van der Waals surface area contributed by atoms with Crippen molar-refractivity contribution in [3.05, 3.63) is 100.0 Å². The molecule has 1 saturated heterocycles. The number of rotatable bonds is 6. The Labute approximate surface area is 206 Å². The number of fused-ring (bicyclic) bond motifs is 1. The molecular formula is C27H21ClFN3O3. The molecule has 2 heterocycles. The summed E-state index contributed by atoms with van der Waals surface area (Å²) in [7, 11) is 0. The van der Waals surface area contributed by atoms with Gasteiger partial charge in [0.25, 0.3) is 0 Å². The molecule has 5 rings (SSSR count). The first kappa shape index (κ1) is 23.1. The minimum absolute atomic E-state index is 0.0168. The second-order valence-corrected chi connectivity index (χ2v) is 8.72. The van der Waals surface area contributed by atoms with Crippen LogP contribution in [0.25, 0.3) is 11.0 Å². The molecule has 1 aliphatic rings. The highest BCUT2D eigenvalue weighted by Crippen LogP contribution is 2.22. The smallest absolute Gasteiger partial charge is 0.196 e. The molecule has 0 spiro atoms. The van der Waals surface area contributed by atoms with Crippen LogP contribution in [-0.2, 0) is 11.2 Å². The van der Waals surface area contributed by atoms with Crippen LogP contribution in [0, 0.1) is 5.82 Å². The zero-order valence-corrected chi connectivity index (χ0v) is 19.5. The third-order valence-corrected chi connectivity index (χ3v) is 6.19. The fourth-order valence-electron chi connectivity index (χ4n) is 4.02. The van der Waals surface area contributed by atoms with Gasteiger partial charge in [-0.2, -0.15) is 0 Å². The molecule has 8 heteroatoms. The van der Waals surface area contributed by atoms with E-state index in [9.17, 15) is 14.0 Å². The second-order valence-electron chi connectivity index (χ2n) is 8.28. The number of aromatic nitrogens is 2. The predicted octanol–water partition coefficient (Wildman–Crippen LogP) is 4.92. The van der Waals surface area contributed by atoms with Crippen molar-refractivity contribution in [3.63, 3.8) is 0 Å². The number of morpholine rings is 1. The molecule has 0 atom stereocenters. The highest BCUT2D eigenvalue weighted by atomic mass is 35.5. The minimum atomic E-state index is -0.676. The molecule has 0 N–H and O–H groups in total. The SMILES string of the molecule is O=C(Cc1ccc(C(=O)c2ccc3ncc(N4CCOCC4)nc3c2)c(F)c1)c1ccc(Cl)cc1. The Hall–Kier alpha value is -3.68. The van der Waals surface area contributed by atoms with Gasteiger partial charge in [0.1, 0.15) is 11.6 Å². The maximum atomic E-state index is 14.9. The topological polar surface area (TPSA) is 72.4 Å². The second kappa shape index (κ2) is 9.90. The van der Waals surface area contributed by atoms with Gasteiger partial charge in [-0.15, -0.1) is 0 Å². The molecule has 0 unspecified atom stereocenters. The number of halogens is 2. The summed E-state index contributed by atoms with van der Waals surface area (Å²) >= 11 is 5.86. The Morgan fingerprint density at radius 2 is 1.69 bits per heavy atom. The quantitative estimate of drug-likeness (QED) is 0.358. The van der Waals surface area contributed by atoms with Crippen molar-refractivity contribution in [1.29, 1.82) is 0 Å². The van der Waals surface area contributed by atoms with E-state index in [0.29, 0.717) is 51.8 Å². The van der Waals surface area contributed by atoms with Crippen LogP contribution < -0.4 is 4.90 Å². The van der Waals surface area contributed by atoms with Gasteiger partial charge in [0, 0.05) is 35.7 Å². The summed E-state index contributed by atoms with van der Waals surface area (Å²) in [5.41, 5.74) is 2.43. The van der Waals surface area contributed by atoms with Crippen molar-refractivity contribution in [2.24, 2.45) is 0 Å². The van der Waals surface area contributed by atoms with Gasteiger partial charge in [0.15, 0.2) is 11.6 Å². The maximum absolute atomic E-state index is 14.9. The van der Waals surface area contributed by atoms with Crippen LogP contribution in [0.3, 0.4) is 0 Å². The van der Waals surface area contributed by atoms with E-state index in [0.717, 1.165) is 13.1 Å². The predicted molar refractivity (Wildman–Crippen MR) is 132 cm³/mol. The summed E-state index contributed by atoms with van der Waals surface area (Å²) < 4.78 is 20.3. The molecule has 1 aromatic heterocycles. The zero-order chi connectivity index (χ0) is 24.4. The van der Waals surface area contributed by atoms with Gasteiger partial charge in [-0.25, -0.2) is 9.37 Å². The first-order valence-electron chi connectivity index (χ1n) is 11.2. The first-order chi connectivity index (χ1) is 17.0. The molecule has 1 fully saturated rings. The van der Waals surface area contributed by atoms with Crippen molar-refractivity contribution < 1.29 is 18.7 Å². The Morgan fingerprint density at radius 3 is 2.43 bits per heavy atom. The van der Waals surface area contributed by atoms with E-state index in [-0.39, 0.29) is 17.8 Å². The van der Waals surface area contributed by atoms with Gasteiger partial charge in [-0.3, -0.25) is 14.6 Å². The lowest BCUT2D eigenvalue weighted by molar-refractivity contribution is 0.0992. The summed E-state index contributed by atoms with van der Waals surface area (Å²) in [5, 5.41) is 0.535. The third-order valence-electron chi connectivity index (χ3n) is 5.94. The van der Waals surface area contributed by atoms with Gasteiger partial charge in [0.2, 0.25) is 0 Å². The number of anilines is 1. The van der Waals surface area contributed by atoms with Crippen molar-refractivity contribution in [3.8, 4) is 0 Å². The zero-order valence-electron chi connectivity index (χ0n) is 18.7. The number of hydrogen-bond acceptors (Lipinski definition) is 6. The summed E-state index contributed by atoms with van der Waals surface area (Å²) in [6.07, 6.45) is 1.72. The van der Waals surface area contributed by atoms with E-state index in [1.807, 2.05) is 0 Å². The van der Waals surface area contributed by atoms with Crippen molar-refractivity contribution in [2.75, 3.05) is 31.2 Å². The lowest BCUT2D eigenvalue weighted by atomic mass is 9.98. The van der Waals surface area contributed by atoms with Gasteiger partial charge in [-0.05, 0) is 60.2 Å². The monoisotopic (exact) mass is 489 g/mol. The molecule has 176 valence electrons. The highest BCUT2D eigenvalue weighted by molar-refractivity contribution is 6.30. The first-order valence-corrected chi connectivity index (χ1v) is 11.6. The molecule has 0 bridgehead atoms. The molecule has 1 aliphatic heterocycles. The number of carbonyl (C=O) groups excluding carboxylic acids is 2. The minimum Gasteiger partial charge on any atom is -0.378 e. The van der Waals surface area contributed by atoms with E-state index < -0.39 is 11.6 Å². The number of Topliss-reactive ketones (excluding diaryl/α,β-unsaturated/α-hetero) is 1. The molecule has 35 heavy (non-hydrogen) atoms. The van der Waals surface area contributed by atoms with E-state index in [4.69, 9.17) is 16.3 Å². The van der Waals surface area contributed by atoms with E-state index >= 15 is 0 Å². The number of benzene rings is 3. The van der Waals surface area contributed by atoms with Crippen LogP contribution in [0.1, 0.15) is 31.8 Å². The van der Waals surface area contributed by atoms with Crippen molar-refractivity contribution >= 4 is 40.0 Å². The molecule has 6 nitrogen and oxygen atoms in total. The fraction of sp³-hybridized carbons (Fsp3) is 0.185. The number of carbonyl (C=O) groups is 2. The normalized spacial score (nSPS) is 13.7. The lowest BCUT2D eigenvalue weighted by Crippen LogP contribution is -2.36. The Morgan fingerprint density at radius 1 is 0.943 bits per heavy atom. The largest absolute Gasteiger partial charge is 0.378 e. The number of nitrogens with zero attached hydrogens (tertiary/aromatic N) is 3. The Bertz CT molecular complexity index is 1420. The maximum Gasteiger partial charge on any atom is 0.196 e. The average molecular weight is 490 g/mol. The lowest BCUT2D eigenvalue weighted by Gasteiger charge is -2.27. The highest BCUT2D eigenvalue weighted by Gasteiger charge is 2.18. The van der Waals surface area contributed by atoms with Crippen LogP contribution in [-0.4, -0.2) is 47.8 Å². The molecule has 0 radical (unpaired) electrons. The molecule has 0 saturated carbocycles. The van der Waals surface area contributed by atoms with E-state index in [1.54, 1.807) is 54.7 Å². The fourth-order valence-corrected chi connectivity index (χ4v) is 4.15. The number of ketones is 2. The summed E-state index contributed by atoms with van der Waals surface area (Å²) in [6, 6.07) is 15.7. The van der Waals surface area contributed by atoms with Gasteiger partial charge >= 0.3 is 0 Å². The summed E-state index contributed by atoms with van der Waals surface area (Å²) in [6.45, 7) is 2.69. The third kappa shape index (κ3) is 5.06. The Balaban J connectivity index is 1.36. The summed E-state index contributed by atoms with van der Waals surface area (Å²) in [4.78, 5) is 36.8. The van der Waals surface area contributed by atoms with Crippen LogP contribution in [0.15, 0.2) is 66.9 Å². The van der Waals surface area contributed by atoms with E-state index in [1.165, 1.54) is 12.1 Å². The molecule has 4 aromatic rings. The van der Waals surface area contributed by atoms with Crippen molar-refractivity contribution in [1.82, 2.24) is 9.97 Å². The van der Waals surface area contributed by atoms with Gasteiger partial charge in [0.05, 0.1) is 36.0 Å². The summed E-state index contributed by atoms with van der Waals surface area (Å²) in [5.74, 6) is -0.584. The number of ether oxygens (including phenoxy) is 1. The molecule has 3 aromatic carbocycles.